The molecule has 4 rings (SSSR count). The summed E-state index contributed by atoms with van der Waals surface area (Å²) in [5.41, 5.74) is -0.411. The monoisotopic (exact) mass is 594 g/mol. The summed E-state index contributed by atoms with van der Waals surface area (Å²) in [4.78, 5) is 11.8. The highest BCUT2D eigenvalue weighted by molar-refractivity contribution is 7.98. The van der Waals surface area contributed by atoms with E-state index in [9.17, 15) is 26.4 Å². The molecule has 0 saturated carbocycles. The quantitative estimate of drug-likeness (QED) is 0.319. The number of fused-ring (bicyclic) bond motifs is 1. The van der Waals surface area contributed by atoms with Gasteiger partial charge in [0.2, 0.25) is 0 Å². The van der Waals surface area contributed by atoms with E-state index in [1.807, 2.05) is 30.3 Å². The molecule has 0 unspecified atom stereocenters. The number of halogens is 3. The molecule has 214 valence electrons. The Kier molecular flexibility index (Phi) is 8.60. The summed E-state index contributed by atoms with van der Waals surface area (Å²) >= 11 is 1.55. The Morgan fingerprint density at radius 2 is 1.77 bits per heavy atom. The summed E-state index contributed by atoms with van der Waals surface area (Å²) in [7, 11) is -4.44. The van der Waals surface area contributed by atoms with E-state index >= 15 is 0 Å². The molecular formula is C28H29F3N2O5S2. The number of rotatable bonds is 7. The van der Waals surface area contributed by atoms with Crippen molar-refractivity contribution >= 4 is 39.3 Å². The van der Waals surface area contributed by atoms with Gasteiger partial charge in [0.05, 0.1) is 22.7 Å². The molecule has 1 heterocycles. The van der Waals surface area contributed by atoms with Gasteiger partial charge >= 0.3 is 12.3 Å². The molecule has 40 heavy (non-hydrogen) atoms. The van der Waals surface area contributed by atoms with Crippen molar-refractivity contribution in [2.45, 2.75) is 49.3 Å². The summed E-state index contributed by atoms with van der Waals surface area (Å²) in [5.74, 6) is 1.33. The summed E-state index contributed by atoms with van der Waals surface area (Å²) in [6.07, 6.45) is -6.03. The molecule has 1 atom stereocenters. The molecule has 0 spiro atoms. The lowest BCUT2D eigenvalue weighted by Crippen LogP contribution is -2.44. The van der Waals surface area contributed by atoms with Gasteiger partial charge in [0.1, 0.15) is 17.5 Å². The summed E-state index contributed by atoms with van der Waals surface area (Å²) < 4.78 is 80.1. The number of sulfonamides is 1. The highest BCUT2D eigenvalue weighted by Crippen LogP contribution is 2.40. The van der Waals surface area contributed by atoms with Crippen LogP contribution in [0, 0.1) is 0 Å². The van der Waals surface area contributed by atoms with Crippen molar-refractivity contribution in [1.29, 1.82) is 0 Å². The van der Waals surface area contributed by atoms with Crippen molar-refractivity contribution in [3.05, 3.63) is 83.9 Å². The topological polar surface area (TPSA) is 84.9 Å². The van der Waals surface area contributed by atoms with Gasteiger partial charge in [-0.15, -0.1) is 0 Å². The largest absolute Gasteiger partial charge is 0.485 e. The molecule has 0 radical (unpaired) electrons. The number of thioether (sulfide) groups is 1. The van der Waals surface area contributed by atoms with E-state index in [1.54, 1.807) is 32.5 Å². The zero-order valence-electron chi connectivity index (χ0n) is 22.1. The van der Waals surface area contributed by atoms with Gasteiger partial charge in [-0.25, -0.2) is 13.2 Å². The third-order valence-corrected chi connectivity index (χ3v) is 8.62. The predicted octanol–water partition coefficient (Wildman–Crippen LogP) is 6.94. The number of benzene rings is 3. The molecule has 0 bridgehead atoms. The first kappa shape index (κ1) is 29.6. The molecule has 0 aliphatic carbocycles. The van der Waals surface area contributed by atoms with E-state index in [-0.39, 0.29) is 23.7 Å². The Hall–Kier alpha value is -3.38. The van der Waals surface area contributed by atoms with Crippen LogP contribution in [-0.4, -0.2) is 38.5 Å². The average molecular weight is 595 g/mol. The van der Waals surface area contributed by atoms with Crippen molar-refractivity contribution in [3.8, 4) is 5.75 Å². The third-order valence-electron chi connectivity index (χ3n) is 5.70. The summed E-state index contributed by atoms with van der Waals surface area (Å²) in [5, 5.41) is 2.56. The standard InChI is InChI=1S/C28H29F3N2O5S2/c1-27(2,3)38-26(34)32-21-12-13-25-24(15-21)33(16-22(37-25)18-39-17-19-8-5-4-6-9-19)40(35,36)23-11-7-10-20(14-23)28(29,30)31/h4-15,22H,16-18H2,1-3H3,(H,32,34)/t22-/m1/s1. The van der Waals surface area contributed by atoms with Crippen LogP contribution in [-0.2, 0) is 26.7 Å². The average Bonchev–Trinajstić information content (AvgIpc) is 2.87. The number of carbonyl (C=O) groups excluding carboxylic acids is 1. The number of amides is 1. The van der Waals surface area contributed by atoms with E-state index in [0.29, 0.717) is 17.6 Å². The maximum Gasteiger partial charge on any atom is 0.416 e. The fourth-order valence-electron chi connectivity index (χ4n) is 3.97. The van der Waals surface area contributed by atoms with Crippen molar-refractivity contribution in [1.82, 2.24) is 0 Å². The van der Waals surface area contributed by atoms with Gasteiger partial charge in [-0.2, -0.15) is 24.9 Å². The highest BCUT2D eigenvalue weighted by atomic mass is 32.2. The van der Waals surface area contributed by atoms with Crippen LogP contribution >= 0.6 is 11.8 Å². The minimum Gasteiger partial charge on any atom is -0.485 e. The second-order valence-corrected chi connectivity index (χ2v) is 13.0. The van der Waals surface area contributed by atoms with Crippen molar-refractivity contribution < 1.29 is 35.9 Å². The number of alkyl halides is 3. The maximum absolute atomic E-state index is 13.8. The minimum atomic E-state index is -4.71. The maximum atomic E-state index is 13.8. The van der Waals surface area contributed by atoms with Gasteiger partial charge < -0.3 is 9.47 Å². The Bertz CT molecular complexity index is 1460. The Morgan fingerprint density at radius 1 is 1.05 bits per heavy atom. The normalized spacial score (nSPS) is 15.7. The van der Waals surface area contributed by atoms with Crippen LogP contribution in [0.4, 0.5) is 29.3 Å². The summed E-state index contributed by atoms with van der Waals surface area (Å²) in [6, 6.07) is 17.8. The van der Waals surface area contributed by atoms with E-state index < -0.39 is 44.5 Å². The second kappa shape index (κ2) is 11.6. The SMILES string of the molecule is CC(C)(C)OC(=O)Nc1ccc2c(c1)N(S(=O)(=O)c1cccc(C(F)(F)F)c1)C[C@H](CSCc1ccccc1)O2. The Balaban J connectivity index is 1.65. The van der Waals surface area contributed by atoms with Crippen LogP contribution in [0.3, 0.4) is 0 Å². The second-order valence-electron chi connectivity index (χ2n) is 10.1. The number of carbonyl (C=O) groups is 1. The van der Waals surface area contributed by atoms with Crippen LogP contribution in [0.1, 0.15) is 31.9 Å². The zero-order chi connectivity index (χ0) is 29.1. The number of hydrogen-bond acceptors (Lipinski definition) is 6. The molecule has 1 N–H and O–H groups in total. The molecule has 1 aliphatic rings. The molecule has 7 nitrogen and oxygen atoms in total. The first-order chi connectivity index (χ1) is 18.7. The highest BCUT2D eigenvalue weighted by Gasteiger charge is 2.37. The first-order valence-electron chi connectivity index (χ1n) is 12.3. The van der Waals surface area contributed by atoms with Gasteiger partial charge in [-0.3, -0.25) is 9.62 Å². The van der Waals surface area contributed by atoms with Crippen molar-refractivity contribution in [2.24, 2.45) is 0 Å². The van der Waals surface area contributed by atoms with Gasteiger partial charge in [0.25, 0.3) is 10.0 Å². The zero-order valence-corrected chi connectivity index (χ0v) is 23.7. The Labute approximate surface area is 235 Å². The fourth-order valence-corrected chi connectivity index (χ4v) is 6.50. The lowest BCUT2D eigenvalue weighted by Gasteiger charge is -2.35. The molecule has 3 aromatic carbocycles. The molecule has 0 fully saturated rings. The van der Waals surface area contributed by atoms with Crippen LogP contribution in [0.15, 0.2) is 77.7 Å². The van der Waals surface area contributed by atoms with Crippen LogP contribution < -0.4 is 14.4 Å². The van der Waals surface area contributed by atoms with Crippen LogP contribution in [0.2, 0.25) is 0 Å². The molecular weight excluding hydrogens is 565 g/mol. The van der Waals surface area contributed by atoms with Crippen molar-refractivity contribution in [2.75, 3.05) is 21.9 Å². The van der Waals surface area contributed by atoms with Crippen LogP contribution in [0.25, 0.3) is 0 Å². The van der Waals surface area contributed by atoms with E-state index in [4.69, 9.17) is 9.47 Å². The third kappa shape index (κ3) is 7.42. The van der Waals surface area contributed by atoms with Gasteiger partial charge in [0.15, 0.2) is 0 Å². The van der Waals surface area contributed by atoms with Crippen LogP contribution in [0.5, 0.6) is 5.75 Å². The van der Waals surface area contributed by atoms with E-state index in [0.717, 1.165) is 28.1 Å². The van der Waals surface area contributed by atoms with E-state index in [1.165, 1.54) is 18.2 Å². The Morgan fingerprint density at radius 3 is 2.45 bits per heavy atom. The number of nitrogens with zero attached hydrogens (tertiary/aromatic N) is 1. The van der Waals surface area contributed by atoms with Gasteiger partial charge in [0, 0.05) is 17.2 Å². The van der Waals surface area contributed by atoms with Gasteiger partial charge in [-0.1, -0.05) is 36.4 Å². The van der Waals surface area contributed by atoms with E-state index in [2.05, 4.69) is 5.32 Å². The summed E-state index contributed by atoms with van der Waals surface area (Å²) in [6.45, 7) is 4.97. The first-order valence-corrected chi connectivity index (χ1v) is 14.9. The molecule has 1 aliphatic heterocycles. The molecule has 0 saturated heterocycles. The number of hydrogen-bond donors (Lipinski definition) is 1. The number of ether oxygens (including phenoxy) is 2. The lowest BCUT2D eigenvalue weighted by atomic mass is 10.2. The molecule has 3 aromatic rings. The van der Waals surface area contributed by atoms with Gasteiger partial charge in [-0.05, 0) is 62.7 Å². The number of anilines is 2. The lowest BCUT2D eigenvalue weighted by molar-refractivity contribution is -0.137. The fraction of sp³-hybridized carbons (Fsp3) is 0.321. The predicted molar refractivity (Wildman–Crippen MR) is 149 cm³/mol. The van der Waals surface area contributed by atoms with Crippen molar-refractivity contribution in [3.63, 3.8) is 0 Å². The smallest absolute Gasteiger partial charge is 0.416 e. The minimum absolute atomic E-state index is 0.0929. The molecule has 12 heteroatoms. The number of nitrogens with one attached hydrogen (secondary N) is 1. The molecule has 1 amide bonds. The molecule has 0 aromatic heterocycles.